The maximum Gasteiger partial charge on any atom is 0.142 e. The fourth-order valence-electron chi connectivity index (χ4n) is 2.33. The first-order valence-corrected chi connectivity index (χ1v) is 8.46. The van der Waals surface area contributed by atoms with Crippen molar-refractivity contribution in [1.82, 2.24) is 4.98 Å². The van der Waals surface area contributed by atoms with Gasteiger partial charge in [0.05, 0.1) is 18.0 Å². The summed E-state index contributed by atoms with van der Waals surface area (Å²) in [6.07, 6.45) is 0.868. The minimum absolute atomic E-state index is 0.614. The topological polar surface area (TPSA) is 48.1 Å². The van der Waals surface area contributed by atoms with Crippen molar-refractivity contribution in [2.24, 2.45) is 0 Å². The molecule has 0 unspecified atom stereocenters. The Labute approximate surface area is 140 Å². The molecule has 2 aromatic carbocycles. The summed E-state index contributed by atoms with van der Waals surface area (Å²) in [5.74, 6) is 0.731. The summed E-state index contributed by atoms with van der Waals surface area (Å²) in [5.41, 5.74) is 10.2. The van der Waals surface area contributed by atoms with Crippen LogP contribution in [-0.4, -0.2) is 11.6 Å². The van der Waals surface area contributed by atoms with E-state index in [0.717, 1.165) is 28.4 Å². The SMILES string of the molecule is Cc1nc(-c2ccc(OCCc3ccccc3)c(N)c2)sc1C. The van der Waals surface area contributed by atoms with E-state index in [1.54, 1.807) is 11.3 Å². The Kier molecular flexibility index (Phi) is 4.63. The van der Waals surface area contributed by atoms with Crippen LogP contribution < -0.4 is 10.5 Å². The van der Waals surface area contributed by atoms with Crippen LogP contribution in [0, 0.1) is 13.8 Å². The molecule has 0 aliphatic rings. The lowest BCUT2D eigenvalue weighted by atomic mass is 10.1. The van der Waals surface area contributed by atoms with Gasteiger partial charge in [0.2, 0.25) is 0 Å². The van der Waals surface area contributed by atoms with Gasteiger partial charge in [-0.25, -0.2) is 4.98 Å². The second-order valence-corrected chi connectivity index (χ2v) is 6.70. The zero-order chi connectivity index (χ0) is 16.2. The number of aromatic nitrogens is 1. The number of nitrogens with two attached hydrogens (primary N) is 1. The molecule has 0 atom stereocenters. The normalized spacial score (nSPS) is 10.7. The van der Waals surface area contributed by atoms with Crippen molar-refractivity contribution in [3.63, 3.8) is 0 Å². The van der Waals surface area contributed by atoms with Gasteiger partial charge in [-0.05, 0) is 37.6 Å². The second-order valence-electron chi connectivity index (χ2n) is 5.50. The highest BCUT2D eigenvalue weighted by molar-refractivity contribution is 7.15. The molecule has 1 heterocycles. The third-order valence-electron chi connectivity index (χ3n) is 3.78. The minimum atomic E-state index is 0.614. The van der Waals surface area contributed by atoms with Crippen LogP contribution in [0.2, 0.25) is 0 Å². The molecule has 0 bridgehead atoms. The average Bonchev–Trinajstić information content (AvgIpc) is 2.89. The molecule has 3 nitrogen and oxygen atoms in total. The second kappa shape index (κ2) is 6.84. The first-order chi connectivity index (χ1) is 11.1. The van der Waals surface area contributed by atoms with Crippen LogP contribution in [0.4, 0.5) is 5.69 Å². The Morgan fingerprint density at radius 3 is 2.52 bits per heavy atom. The van der Waals surface area contributed by atoms with Gasteiger partial charge in [0.15, 0.2) is 0 Å². The van der Waals surface area contributed by atoms with Crippen molar-refractivity contribution in [2.75, 3.05) is 12.3 Å². The molecule has 0 aliphatic carbocycles. The first kappa shape index (κ1) is 15.6. The van der Waals surface area contributed by atoms with E-state index >= 15 is 0 Å². The standard InChI is InChI=1S/C19H20N2OS/c1-13-14(2)23-19(21-13)16-8-9-18(17(20)12-16)22-11-10-15-6-4-3-5-7-15/h3-9,12H,10-11,20H2,1-2H3. The molecule has 0 saturated heterocycles. The lowest BCUT2D eigenvalue weighted by Crippen LogP contribution is -2.03. The van der Waals surface area contributed by atoms with Crippen LogP contribution in [0.1, 0.15) is 16.1 Å². The smallest absolute Gasteiger partial charge is 0.142 e. The number of hydrogen-bond donors (Lipinski definition) is 1. The Morgan fingerprint density at radius 1 is 1.09 bits per heavy atom. The van der Waals surface area contributed by atoms with Gasteiger partial charge >= 0.3 is 0 Å². The summed E-state index contributed by atoms with van der Waals surface area (Å²) >= 11 is 1.69. The fourth-order valence-corrected chi connectivity index (χ4v) is 3.24. The van der Waals surface area contributed by atoms with Gasteiger partial charge in [-0.1, -0.05) is 30.3 Å². The third-order valence-corrected chi connectivity index (χ3v) is 4.90. The highest BCUT2D eigenvalue weighted by atomic mass is 32.1. The number of anilines is 1. The molecule has 1 aromatic heterocycles. The van der Waals surface area contributed by atoms with E-state index in [4.69, 9.17) is 10.5 Å². The van der Waals surface area contributed by atoms with Crippen LogP contribution >= 0.6 is 11.3 Å². The number of rotatable bonds is 5. The van der Waals surface area contributed by atoms with Crippen molar-refractivity contribution in [3.8, 4) is 16.3 Å². The van der Waals surface area contributed by atoms with Gasteiger partial charge in [0, 0.05) is 16.9 Å². The molecule has 0 aliphatic heterocycles. The van der Waals surface area contributed by atoms with Crippen molar-refractivity contribution >= 4 is 17.0 Å². The molecule has 2 N–H and O–H groups in total. The predicted molar refractivity (Wildman–Crippen MR) is 97.1 cm³/mol. The van der Waals surface area contributed by atoms with Gasteiger partial charge in [0.1, 0.15) is 10.8 Å². The zero-order valence-corrected chi connectivity index (χ0v) is 14.2. The van der Waals surface area contributed by atoms with Crippen LogP contribution in [0.15, 0.2) is 48.5 Å². The van der Waals surface area contributed by atoms with Crippen LogP contribution in [0.3, 0.4) is 0 Å². The quantitative estimate of drug-likeness (QED) is 0.696. The summed E-state index contributed by atoms with van der Waals surface area (Å²) in [5, 5.41) is 1.00. The Balaban J connectivity index is 1.67. The largest absolute Gasteiger partial charge is 0.491 e. The van der Waals surface area contributed by atoms with Crippen molar-refractivity contribution < 1.29 is 4.74 Å². The number of thiazole rings is 1. The van der Waals surface area contributed by atoms with Crippen LogP contribution in [0.5, 0.6) is 5.75 Å². The minimum Gasteiger partial charge on any atom is -0.491 e. The van der Waals surface area contributed by atoms with Gasteiger partial charge in [0.25, 0.3) is 0 Å². The van der Waals surface area contributed by atoms with Crippen LogP contribution in [-0.2, 0) is 6.42 Å². The molecule has 0 amide bonds. The Hall–Kier alpha value is -2.33. The number of ether oxygens (including phenoxy) is 1. The number of aryl methyl sites for hydroxylation is 2. The molecule has 4 heteroatoms. The van der Waals surface area contributed by atoms with E-state index in [1.807, 2.05) is 43.3 Å². The van der Waals surface area contributed by atoms with E-state index in [2.05, 4.69) is 24.0 Å². The summed E-state index contributed by atoms with van der Waals surface area (Å²) in [4.78, 5) is 5.81. The lowest BCUT2D eigenvalue weighted by Gasteiger charge is -2.10. The van der Waals surface area contributed by atoms with Crippen molar-refractivity contribution in [1.29, 1.82) is 0 Å². The number of nitrogen functional groups attached to an aromatic ring is 1. The van der Waals surface area contributed by atoms with Gasteiger partial charge in [-0.15, -0.1) is 11.3 Å². The molecule has 3 rings (SSSR count). The predicted octanol–water partition coefficient (Wildman–Crippen LogP) is 4.63. The van der Waals surface area contributed by atoms with Crippen molar-refractivity contribution in [2.45, 2.75) is 20.3 Å². The molecule has 0 saturated carbocycles. The van der Waals surface area contributed by atoms with E-state index in [9.17, 15) is 0 Å². The molecule has 3 aromatic rings. The maximum absolute atomic E-state index is 6.13. The Morgan fingerprint density at radius 2 is 1.87 bits per heavy atom. The molecule has 0 fully saturated rings. The average molecular weight is 324 g/mol. The first-order valence-electron chi connectivity index (χ1n) is 7.64. The van der Waals surface area contributed by atoms with E-state index < -0.39 is 0 Å². The van der Waals surface area contributed by atoms with E-state index in [1.165, 1.54) is 10.4 Å². The van der Waals surface area contributed by atoms with Gasteiger partial charge < -0.3 is 10.5 Å². The van der Waals surface area contributed by atoms with E-state index in [0.29, 0.717) is 12.3 Å². The molecule has 118 valence electrons. The Bertz CT molecular complexity index is 777. The van der Waals surface area contributed by atoms with Gasteiger partial charge in [-0.2, -0.15) is 0 Å². The van der Waals surface area contributed by atoms with Crippen molar-refractivity contribution in [3.05, 3.63) is 64.7 Å². The molecular weight excluding hydrogens is 304 g/mol. The maximum atomic E-state index is 6.13. The highest BCUT2D eigenvalue weighted by Gasteiger charge is 2.09. The number of nitrogens with zero attached hydrogens (tertiary/aromatic N) is 1. The fraction of sp³-hybridized carbons (Fsp3) is 0.211. The third kappa shape index (κ3) is 3.71. The summed E-state index contributed by atoms with van der Waals surface area (Å²) in [7, 11) is 0. The monoisotopic (exact) mass is 324 g/mol. The highest BCUT2D eigenvalue weighted by Crippen LogP contribution is 2.32. The molecule has 0 radical (unpaired) electrons. The molecular formula is C19H20N2OS. The van der Waals surface area contributed by atoms with E-state index in [-0.39, 0.29) is 0 Å². The number of hydrogen-bond acceptors (Lipinski definition) is 4. The summed E-state index contributed by atoms with van der Waals surface area (Å²) in [6.45, 7) is 4.73. The van der Waals surface area contributed by atoms with Gasteiger partial charge in [-0.3, -0.25) is 0 Å². The molecule has 0 spiro atoms. The zero-order valence-electron chi connectivity index (χ0n) is 13.4. The summed E-state index contributed by atoms with van der Waals surface area (Å²) in [6, 6.07) is 16.2. The number of benzene rings is 2. The summed E-state index contributed by atoms with van der Waals surface area (Å²) < 4.78 is 5.82. The van der Waals surface area contributed by atoms with Crippen LogP contribution in [0.25, 0.3) is 10.6 Å². The molecule has 23 heavy (non-hydrogen) atoms. The lowest BCUT2D eigenvalue weighted by molar-refractivity contribution is 0.323.